The van der Waals surface area contributed by atoms with Crippen LogP contribution >= 0.6 is 15.9 Å². The van der Waals surface area contributed by atoms with Crippen LogP contribution in [0, 0.1) is 6.92 Å². The van der Waals surface area contributed by atoms with Crippen molar-refractivity contribution in [2.24, 2.45) is 0 Å². The number of halogens is 1. The summed E-state index contributed by atoms with van der Waals surface area (Å²) in [6.07, 6.45) is 0.0648. The van der Waals surface area contributed by atoms with Crippen molar-refractivity contribution in [3.8, 4) is 17.0 Å². The molecule has 0 radical (unpaired) electrons. The van der Waals surface area contributed by atoms with Crippen molar-refractivity contribution in [3.05, 3.63) is 33.9 Å². The van der Waals surface area contributed by atoms with Crippen LogP contribution < -0.4 is 15.8 Å². The van der Waals surface area contributed by atoms with Crippen LogP contribution in [-0.2, 0) is 0 Å². The molecule has 0 bridgehead atoms. The predicted molar refractivity (Wildman–Crippen MR) is 98.1 cm³/mol. The number of carbonyl (C=O) groups excluding carboxylic acids is 1. The second-order valence-corrected chi connectivity index (χ2v) is 6.42. The van der Waals surface area contributed by atoms with Crippen LogP contribution in [-0.4, -0.2) is 28.5 Å². The number of nitrogens with zero attached hydrogens (tertiary/aromatic N) is 2. The molecular formula is C17H21BrN4O2. The van der Waals surface area contributed by atoms with Crippen molar-refractivity contribution in [2.75, 3.05) is 12.3 Å². The minimum atomic E-state index is -0.219. The van der Waals surface area contributed by atoms with Crippen LogP contribution in [0.1, 0.15) is 36.8 Å². The second kappa shape index (κ2) is 7.61. The molecule has 1 aromatic heterocycles. The highest BCUT2D eigenvalue weighted by atomic mass is 79.9. The number of aryl methyl sites for hydroxylation is 1. The molecule has 0 saturated carbocycles. The van der Waals surface area contributed by atoms with Crippen molar-refractivity contribution in [3.63, 3.8) is 0 Å². The van der Waals surface area contributed by atoms with Gasteiger partial charge in [0.15, 0.2) is 0 Å². The van der Waals surface area contributed by atoms with E-state index in [9.17, 15) is 4.79 Å². The van der Waals surface area contributed by atoms with Gasteiger partial charge in [0.1, 0.15) is 5.75 Å². The number of nitrogens with one attached hydrogen (secondary N) is 1. The number of rotatable bonds is 5. The SMILES string of the molecule is CCNC(=O)c1c(C)nc(N)nc1-c1ccc(OC(C)C)c(Br)c1. The largest absolute Gasteiger partial charge is 0.490 e. The lowest BCUT2D eigenvalue weighted by Gasteiger charge is -2.15. The molecule has 0 unspecified atom stereocenters. The predicted octanol–water partition coefficient (Wildman–Crippen LogP) is 3.33. The number of anilines is 1. The lowest BCUT2D eigenvalue weighted by atomic mass is 10.0. The molecule has 0 spiro atoms. The van der Waals surface area contributed by atoms with Crippen LogP contribution in [0.3, 0.4) is 0 Å². The number of hydrogen-bond acceptors (Lipinski definition) is 5. The molecular weight excluding hydrogens is 372 g/mol. The van der Waals surface area contributed by atoms with Gasteiger partial charge in [0.25, 0.3) is 5.91 Å². The summed E-state index contributed by atoms with van der Waals surface area (Å²) < 4.78 is 6.50. The normalized spacial score (nSPS) is 10.8. The summed E-state index contributed by atoms with van der Waals surface area (Å²) in [6, 6.07) is 5.56. The number of nitrogens with two attached hydrogens (primary N) is 1. The summed E-state index contributed by atoms with van der Waals surface area (Å²) in [5, 5.41) is 2.79. The zero-order chi connectivity index (χ0) is 17.9. The van der Waals surface area contributed by atoms with E-state index in [-0.39, 0.29) is 18.0 Å². The maximum atomic E-state index is 12.4. The molecule has 3 N–H and O–H groups in total. The molecule has 24 heavy (non-hydrogen) atoms. The fourth-order valence-corrected chi connectivity index (χ4v) is 2.79. The van der Waals surface area contributed by atoms with Gasteiger partial charge in [-0.25, -0.2) is 9.97 Å². The molecule has 0 atom stereocenters. The van der Waals surface area contributed by atoms with E-state index < -0.39 is 0 Å². The van der Waals surface area contributed by atoms with Crippen molar-refractivity contribution in [1.82, 2.24) is 15.3 Å². The number of carbonyl (C=O) groups is 1. The Morgan fingerprint density at radius 2 is 2.08 bits per heavy atom. The quantitative estimate of drug-likeness (QED) is 0.813. The van der Waals surface area contributed by atoms with Gasteiger partial charge in [0.2, 0.25) is 5.95 Å². The Hall–Kier alpha value is -2.15. The first-order chi connectivity index (χ1) is 11.3. The van der Waals surface area contributed by atoms with Gasteiger partial charge in [-0.1, -0.05) is 0 Å². The molecule has 2 aromatic rings. The van der Waals surface area contributed by atoms with Gasteiger partial charge in [0.05, 0.1) is 27.5 Å². The Bertz CT molecular complexity index is 762. The van der Waals surface area contributed by atoms with Crippen molar-refractivity contribution in [1.29, 1.82) is 0 Å². The molecule has 128 valence electrons. The van der Waals surface area contributed by atoms with Crippen LogP contribution in [0.5, 0.6) is 5.75 Å². The third kappa shape index (κ3) is 4.03. The Labute approximate surface area is 150 Å². The van der Waals surface area contributed by atoms with Crippen LogP contribution in [0.25, 0.3) is 11.3 Å². The zero-order valence-corrected chi connectivity index (χ0v) is 15.8. The highest BCUT2D eigenvalue weighted by Crippen LogP contribution is 2.32. The molecule has 0 aliphatic rings. The first-order valence-electron chi connectivity index (χ1n) is 7.72. The summed E-state index contributed by atoms with van der Waals surface area (Å²) in [5.41, 5.74) is 8.02. The zero-order valence-electron chi connectivity index (χ0n) is 14.2. The van der Waals surface area contributed by atoms with Crippen molar-refractivity contribution >= 4 is 27.8 Å². The lowest BCUT2D eigenvalue weighted by molar-refractivity contribution is 0.0955. The molecule has 7 heteroatoms. The van der Waals surface area contributed by atoms with Gasteiger partial charge in [-0.05, 0) is 61.8 Å². The monoisotopic (exact) mass is 392 g/mol. The van der Waals surface area contributed by atoms with Gasteiger partial charge in [0, 0.05) is 12.1 Å². The Morgan fingerprint density at radius 1 is 1.38 bits per heavy atom. The van der Waals surface area contributed by atoms with E-state index in [0.29, 0.717) is 23.5 Å². The van der Waals surface area contributed by atoms with Crippen molar-refractivity contribution in [2.45, 2.75) is 33.8 Å². The maximum Gasteiger partial charge on any atom is 0.255 e. The Morgan fingerprint density at radius 3 is 2.67 bits per heavy atom. The average Bonchev–Trinajstić information content (AvgIpc) is 2.48. The number of benzene rings is 1. The third-order valence-electron chi connectivity index (χ3n) is 3.24. The number of ether oxygens (including phenoxy) is 1. The van der Waals surface area contributed by atoms with Crippen LogP contribution in [0.4, 0.5) is 5.95 Å². The van der Waals surface area contributed by atoms with E-state index in [1.54, 1.807) is 6.92 Å². The van der Waals surface area contributed by atoms with E-state index in [1.165, 1.54) is 0 Å². The summed E-state index contributed by atoms with van der Waals surface area (Å²) in [4.78, 5) is 20.8. The van der Waals surface area contributed by atoms with Crippen molar-refractivity contribution < 1.29 is 9.53 Å². The molecule has 1 heterocycles. The first-order valence-corrected chi connectivity index (χ1v) is 8.51. The van der Waals surface area contributed by atoms with Gasteiger partial charge in [-0.2, -0.15) is 0 Å². The molecule has 1 amide bonds. The lowest BCUT2D eigenvalue weighted by Crippen LogP contribution is -2.25. The van der Waals surface area contributed by atoms with Gasteiger partial charge >= 0.3 is 0 Å². The molecule has 0 aliphatic heterocycles. The van der Waals surface area contributed by atoms with E-state index in [2.05, 4.69) is 31.2 Å². The fraction of sp³-hybridized carbons (Fsp3) is 0.353. The van der Waals surface area contributed by atoms with Crippen LogP contribution in [0.15, 0.2) is 22.7 Å². The molecule has 0 saturated heterocycles. The number of amides is 1. The molecule has 0 fully saturated rings. The summed E-state index contributed by atoms with van der Waals surface area (Å²) in [7, 11) is 0. The van der Waals surface area contributed by atoms with E-state index >= 15 is 0 Å². The smallest absolute Gasteiger partial charge is 0.255 e. The fourth-order valence-electron chi connectivity index (χ4n) is 2.32. The van der Waals surface area contributed by atoms with E-state index in [0.717, 1.165) is 15.8 Å². The number of nitrogen functional groups attached to an aromatic ring is 1. The topological polar surface area (TPSA) is 90.1 Å². The maximum absolute atomic E-state index is 12.4. The minimum Gasteiger partial charge on any atom is -0.490 e. The first kappa shape index (κ1) is 18.2. The molecule has 1 aromatic carbocycles. The average molecular weight is 393 g/mol. The molecule has 2 rings (SSSR count). The second-order valence-electron chi connectivity index (χ2n) is 5.56. The standard InChI is InChI=1S/C17H21BrN4O2/c1-5-20-16(23)14-10(4)21-17(19)22-15(14)11-6-7-13(12(18)8-11)24-9(2)3/h6-9H,5H2,1-4H3,(H,20,23)(H2,19,21,22). The Kier molecular flexibility index (Phi) is 5.77. The summed E-state index contributed by atoms with van der Waals surface area (Å²) in [5.74, 6) is 0.643. The van der Waals surface area contributed by atoms with Crippen LogP contribution in [0.2, 0.25) is 0 Å². The highest BCUT2D eigenvalue weighted by Gasteiger charge is 2.19. The van der Waals surface area contributed by atoms with E-state index in [1.807, 2.05) is 39.0 Å². The number of aromatic nitrogens is 2. The summed E-state index contributed by atoms with van der Waals surface area (Å²) >= 11 is 3.50. The Balaban J connectivity index is 2.55. The summed E-state index contributed by atoms with van der Waals surface area (Å²) in [6.45, 7) is 8.05. The molecule has 0 aliphatic carbocycles. The third-order valence-corrected chi connectivity index (χ3v) is 3.86. The van der Waals surface area contributed by atoms with E-state index in [4.69, 9.17) is 10.5 Å². The minimum absolute atomic E-state index is 0.0648. The molecule has 6 nitrogen and oxygen atoms in total. The number of hydrogen-bond donors (Lipinski definition) is 2. The van der Waals surface area contributed by atoms with Gasteiger partial charge in [-0.15, -0.1) is 0 Å². The highest BCUT2D eigenvalue weighted by molar-refractivity contribution is 9.10. The van der Waals surface area contributed by atoms with Gasteiger partial charge < -0.3 is 15.8 Å². The van der Waals surface area contributed by atoms with Gasteiger partial charge in [-0.3, -0.25) is 4.79 Å².